The maximum Gasteiger partial charge on any atom is 0.312 e. The molecule has 0 aliphatic heterocycles. The van der Waals surface area contributed by atoms with E-state index in [1.54, 1.807) is 0 Å². The number of rotatable bonds is 4. The first-order chi connectivity index (χ1) is 8.19. The van der Waals surface area contributed by atoms with E-state index in [0.717, 1.165) is 12.0 Å². The summed E-state index contributed by atoms with van der Waals surface area (Å²) in [6, 6.07) is 7.74. The van der Waals surface area contributed by atoms with Gasteiger partial charge in [0.15, 0.2) is 0 Å². The second-order valence-corrected chi connectivity index (χ2v) is 3.62. The van der Waals surface area contributed by atoms with Crippen LogP contribution in [0.2, 0.25) is 0 Å². The minimum absolute atomic E-state index is 0.118. The van der Waals surface area contributed by atoms with E-state index in [1.807, 2.05) is 24.3 Å². The SMILES string of the molecule is CCc1ccc(-c2nnc(CC(=O)O)o2)cc1. The van der Waals surface area contributed by atoms with Crippen LogP contribution in [0.4, 0.5) is 0 Å². The lowest BCUT2D eigenvalue weighted by molar-refractivity contribution is -0.136. The summed E-state index contributed by atoms with van der Waals surface area (Å²) in [5.74, 6) is -0.516. The van der Waals surface area contributed by atoms with E-state index in [2.05, 4.69) is 17.1 Å². The van der Waals surface area contributed by atoms with Crippen molar-refractivity contribution in [1.29, 1.82) is 0 Å². The molecule has 0 atom stereocenters. The molecule has 1 aromatic heterocycles. The Morgan fingerprint density at radius 3 is 2.59 bits per heavy atom. The Balaban J connectivity index is 2.21. The molecule has 17 heavy (non-hydrogen) atoms. The predicted octanol–water partition coefficient (Wildman–Crippen LogP) is 1.93. The summed E-state index contributed by atoms with van der Waals surface area (Å²) >= 11 is 0. The van der Waals surface area contributed by atoms with Gasteiger partial charge in [-0.2, -0.15) is 0 Å². The van der Waals surface area contributed by atoms with Crippen LogP contribution < -0.4 is 0 Å². The molecule has 0 spiro atoms. The van der Waals surface area contributed by atoms with Crippen molar-refractivity contribution < 1.29 is 14.3 Å². The summed E-state index contributed by atoms with van der Waals surface area (Å²) in [6.45, 7) is 2.08. The van der Waals surface area contributed by atoms with Gasteiger partial charge in [0, 0.05) is 5.56 Å². The van der Waals surface area contributed by atoms with Gasteiger partial charge in [0.1, 0.15) is 6.42 Å². The van der Waals surface area contributed by atoms with E-state index in [9.17, 15) is 4.79 Å². The third-order valence-electron chi connectivity index (χ3n) is 2.38. The third kappa shape index (κ3) is 2.69. The van der Waals surface area contributed by atoms with Crippen molar-refractivity contribution in [3.05, 3.63) is 35.7 Å². The molecule has 0 bridgehead atoms. The number of aliphatic carboxylic acids is 1. The van der Waals surface area contributed by atoms with Crippen LogP contribution in [0.3, 0.4) is 0 Å². The van der Waals surface area contributed by atoms with Gasteiger partial charge in [0.05, 0.1) is 0 Å². The maximum absolute atomic E-state index is 10.5. The Morgan fingerprint density at radius 2 is 2.00 bits per heavy atom. The Morgan fingerprint density at radius 1 is 1.29 bits per heavy atom. The van der Waals surface area contributed by atoms with Crippen LogP contribution in [0, 0.1) is 0 Å². The third-order valence-corrected chi connectivity index (χ3v) is 2.38. The number of carboxylic acids is 1. The van der Waals surface area contributed by atoms with Gasteiger partial charge in [-0.05, 0) is 24.1 Å². The van der Waals surface area contributed by atoms with Crippen molar-refractivity contribution in [2.75, 3.05) is 0 Å². The van der Waals surface area contributed by atoms with Gasteiger partial charge in [-0.15, -0.1) is 10.2 Å². The number of aryl methyl sites for hydroxylation is 1. The molecule has 5 nitrogen and oxygen atoms in total. The Labute approximate surface area is 98.1 Å². The quantitative estimate of drug-likeness (QED) is 0.871. The predicted molar refractivity (Wildman–Crippen MR) is 60.5 cm³/mol. The molecule has 88 valence electrons. The van der Waals surface area contributed by atoms with E-state index in [-0.39, 0.29) is 12.3 Å². The lowest BCUT2D eigenvalue weighted by Gasteiger charge is -1.97. The monoisotopic (exact) mass is 232 g/mol. The molecule has 1 N–H and O–H groups in total. The van der Waals surface area contributed by atoms with E-state index in [1.165, 1.54) is 5.56 Å². The number of carbonyl (C=O) groups is 1. The average Bonchev–Trinajstić information content (AvgIpc) is 2.77. The van der Waals surface area contributed by atoms with E-state index in [4.69, 9.17) is 9.52 Å². The summed E-state index contributed by atoms with van der Waals surface area (Å²) < 4.78 is 5.25. The summed E-state index contributed by atoms with van der Waals surface area (Å²) in [5, 5.41) is 16.1. The summed E-state index contributed by atoms with van der Waals surface area (Å²) in [5.41, 5.74) is 2.02. The Hall–Kier alpha value is -2.17. The van der Waals surface area contributed by atoms with Crippen LogP contribution in [0.15, 0.2) is 28.7 Å². The van der Waals surface area contributed by atoms with Crippen molar-refractivity contribution in [3.8, 4) is 11.5 Å². The van der Waals surface area contributed by atoms with Crippen molar-refractivity contribution in [1.82, 2.24) is 10.2 Å². The first-order valence-corrected chi connectivity index (χ1v) is 5.32. The van der Waals surface area contributed by atoms with Crippen LogP contribution in [-0.4, -0.2) is 21.3 Å². The van der Waals surface area contributed by atoms with Crippen molar-refractivity contribution in [2.24, 2.45) is 0 Å². The van der Waals surface area contributed by atoms with Gasteiger partial charge in [-0.1, -0.05) is 19.1 Å². The molecule has 1 heterocycles. The molecular weight excluding hydrogens is 220 g/mol. The summed E-state index contributed by atoms with van der Waals surface area (Å²) in [4.78, 5) is 10.5. The highest BCUT2D eigenvalue weighted by Gasteiger charge is 2.11. The Kier molecular flexibility index (Phi) is 3.18. The number of aromatic nitrogens is 2. The lowest BCUT2D eigenvalue weighted by Crippen LogP contribution is -1.99. The van der Waals surface area contributed by atoms with Crippen molar-refractivity contribution in [3.63, 3.8) is 0 Å². The molecule has 1 aromatic carbocycles. The summed E-state index contributed by atoms with van der Waals surface area (Å²) in [6.07, 6.45) is 0.717. The highest BCUT2D eigenvalue weighted by Crippen LogP contribution is 2.18. The van der Waals surface area contributed by atoms with E-state index in [0.29, 0.717) is 5.89 Å². The fraction of sp³-hybridized carbons (Fsp3) is 0.250. The molecule has 0 saturated heterocycles. The lowest BCUT2D eigenvalue weighted by atomic mass is 10.1. The molecule has 2 aromatic rings. The molecule has 5 heteroatoms. The van der Waals surface area contributed by atoms with E-state index >= 15 is 0 Å². The van der Waals surface area contributed by atoms with Crippen LogP contribution in [0.25, 0.3) is 11.5 Å². The second kappa shape index (κ2) is 4.78. The standard InChI is InChI=1S/C12H12N2O3/c1-2-8-3-5-9(6-4-8)12-14-13-10(17-12)7-11(15)16/h3-6H,2,7H2,1H3,(H,15,16). The molecule has 0 saturated carbocycles. The van der Waals surface area contributed by atoms with Crippen LogP contribution >= 0.6 is 0 Å². The normalized spacial score (nSPS) is 10.4. The van der Waals surface area contributed by atoms with Gasteiger partial charge < -0.3 is 9.52 Å². The molecule has 0 amide bonds. The maximum atomic E-state index is 10.5. The van der Waals surface area contributed by atoms with Crippen molar-refractivity contribution >= 4 is 5.97 Å². The van der Waals surface area contributed by atoms with Gasteiger partial charge in [-0.3, -0.25) is 4.79 Å². The highest BCUT2D eigenvalue weighted by atomic mass is 16.4. The molecule has 0 radical (unpaired) electrons. The number of hydrogen-bond acceptors (Lipinski definition) is 4. The Bertz CT molecular complexity index is 517. The van der Waals surface area contributed by atoms with Gasteiger partial charge in [0.25, 0.3) is 0 Å². The topological polar surface area (TPSA) is 76.2 Å². The largest absolute Gasteiger partial charge is 0.481 e. The van der Waals surface area contributed by atoms with Crippen LogP contribution in [0.1, 0.15) is 18.4 Å². The molecule has 2 rings (SSSR count). The zero-order chi connectivity index (χ0) is 12.3. The van der Waals surface area contributed by atoms with Crippen LogP contribution in [0.5, 0.6) is 0 Å². The number of benzene rings is 1. The zero-order valence-electron chi connectivity index (χ0n) is 9.38. The molecule has 0 aliphatic carbocycles. The minimum atomic E-state index is -0.985. The minimum Gasteiger partial charge on any atom is -0.481 e. The first kappa shape index (κ1) is 11.3. The molecule has 0 unspecified atom stereocenters. The number of hydrogen-bond donors (Lipinski definition) is 1. The van der Waals surface area contributed by atoms with Crippen molar-refractivity contribution in [2.45, 2.75) is 19.8 Å². The number of nitrogens with zero attached hydrogens (tertiary/aromatic N) is 2. The second-order valence-electron chi connectivity index (χ2n) is 3.62. The number of carboxylic acid groups (broad SMARTS) is 1. The first-order valence-electron chi connectivity index (χ1n) is 5.32. The molecule has 0 fully saturated rings. The molecular formula is C12H12N2O3. The van der Waals surface area contributed by atoms with Gasteiger partial charge in [0.2, 0.25) is 11.8 Å². The van der Waals surface area contributed by atoms with Crippen LogP contribution in [-0.2, 0) is 17.6 Å². The fourth-order valence-electron chi connectivity index (χ4n) is 1.45. The highest BCUT2D eigenvalue weighted by molar-refractivity contribution is 5.68. The smallest absolute Gasteiger partial charge is 0.312 e. The average molecular weight is 232 g/mol. The van der Waals surface area contributed by atoms with Gasteiger partial charge >= 0.3 is 5.97 Å². The van der Waals surface area contributed by atoms with E-state index < -0.39 is 5.97 Å². The fourth-order valence-corrected chi connectivity index (χ4v) is 1.45. The summed E-state index contributed by atoms with van der Waals surface area (Å²) in [7, 11) is 0. The zero-order valence-corrected chi connectivity index (χ0v) is 9.38. The van der Waals surface area contributed by atoms with Gasteiger partial charge in [-0.25, -0.2) is 0 Å². The molecule has 0 aliphatic rings.